The predicted octanol–water partition coefficient (Wildman–Crippen LogP) is 5.51. The van der Waals surface area contributed by atoms with E-state index in [1.54, 1.807) is 30.3 Å². The van der Waals surface area contributed by atoms with E-state index in [1.807, 2.05) is 6.07 Å². The van der Waals surface area contributed by atoms with Gasteiger partial charge in [0.1, 0.15) is 17.3 Å². The summed E-state index contributed by atoms with van der Waals surface area (Å²) in [6, 6.07) is 16.5. The average molecular weight is 398 g/mol. The molecule has 0 saturated carbocycles. The lowest BCUT2D eigenvalue weighted by Gasteiger charge is -2.16. The number of halogens is 2. The Balaban J connectivity index is 2.38. The summed E-state index contributed by atoms with van der Waals surface area (Å²) in [5.74, 6) is 0.198. The van der Waals surface area contributed by atoms with E-state index < -0.39 is 5.82 Å². The SMILES string of the molecule is COc1ccc(F)cc1-c1c(C#N)cc(Br)cc1-c1ccc(O)cc1. The molecule has 0 amide bonds. The van der Waals surface area contributed by atoms with Crippen LogP contribution in [0.5, 0.6) is 11.5 Å². The van der Waals surface area contributed by atoms with Gasteiger partial charge in [-0.2, -0.15) is 5.26 Å². The van der Waals surface area contributed by atoms with E-state index in [1.165, 1.54) is 25.3 Å². The first-order valence-electron chi connectivity index (χ1n) is 7.40. The molecule has 3 nitrogen and oxygen atoms in total. The number of benzene rings is 3. The minimum atomic E-state index is -0.417. The van der Waals surface area contributed by atoms with Crippen LogP contribution >= 0.6 is 15.9 Å². The largest absolute Gasteiger partial charge is 0.508 e. The molecule has 3 rings (SSSR count). The van der Waals surface area contributed by atoms with Crippen molar-refractivity contribution in [2.24, 2.45) is 0 Å². The molecule has 3 aromatic carbocycles. The van der Waals surface area contributed by atoms with Crippen LogP contribution in [0.15, 0.2) is 59.1 Å². The quantitative estimate of drug-likeness (QED) is 0.633. The Kier molecular flexibility index (Phi) is 4.73. The van der Waals surface area contributed by atoms with Crippen LogP contribution in [-0.4, -0.2) is 12.2 Å². The van der Waals surface area contributed by atoms with Crippen molar-refractivity contribution in [2.45, 2.75) is 0 Å². The lowest BCUT2D eigenvalue weighted by Crippen LogP contribution is -1.95. The van der Waals surface area contributed by atoms with Crippen molar-refractivity contribution >= 4 is 15.9 Å². The monoisotopic (exact) mass is 397 g/mol. The van der Waals surface area contributed by atoms with Gasteiger partial charge in [0.2, 0.25) is 0 Å². The fourth-order valence-electron chi connectivity index (χ4n) is 2.73. The summed E-state index contributed by atoms with van der Waals surface area (Å²) in [5.41, 5.74) is 2.98. The van der Waals surface area contributed by atoms with Gasteiger partial charge < -0.3 is 9.84 Å². The van der Waals surface area contributed by atoms with Gasteiger partial charge in [-0.1, -0.05) is 28.1 Å². The molecule has 1 N–H and O–H groups in total. The fourth-order valence-corrected chi connectivity index (χ4v) is 3.19. The van der Waals surface area contributed by atoms with E-state index >= 15 is 0 Å². The Morgan fingerprint density at radius 1 is 1.04 bits per heavy atom. The third-order valence-corrected chi connectivity index (χ3v) is 4.29. The van der Waals surface area contributed by atoms with E-state index in [2.05, 4.69) is 22.0 Å². The number of phenols is 1. The van der Waals surface area contributed by atoms with Gasteiger partial charge in [-0.15, -0.1) is 0 Å². The lowest BCUT2D eigenvalue weighted by atomic mass is 9.90. The van der Waals surface area contributed by atoms with Crippen molar-refractivity contribution in [1.29, 1.82) is 5.26 Å². The van der Waals surface area contributed by atoms with Gasteiger partial charge in [0.25, 0.3) is 0 Å². The Labute approximate surface area is 153 Å². The van der Waals surface area contributed by atoms with Gasteiger partial charge >= 0.3 is 0 Å². The molecular weight excluding hydrogens is 385 g/mol. The number of phenolic OH excluding ortho intramolecular Hbond substituents is 1. The second kappa shape index (κ2) is 6.96. The van der Waals surface area contributed by atoms with Crippen molar-refractivity contribution in [2.75, 3.05) is 7.11 Å². The molecule has 0 atom stereocenters. The van der Waals surface area contributed by atoms with Crippen molar-refractivity contribution in [3.63, 3.8) is 0 Å². The normalized spacial score (nSPS) is 10.3. The van der Waals surface area contributed by atoms with Gasteiger partial charge in [-0.3, -0.25) is 0 Å². The van der Waals surface area contributed by atoms with Crippen LogP contribution in [0.4, 0.5) is 4.39 Å². The molecule has 0 aromatic heterocycles. The average Bonchev–Trinajstić information content (AvgIpc) is 2.61. The van der Waals surface area contributed by atoms with Crippen LogP contribution in [0.25, 0.3) is 22.3 Å². The summed E-state index contributed by atoms with van der Waals surface area (Å²) in [4.78, 5) is 0. The highest BCUT2D eigenvalue weighted by Gasteiger charge is 2.18. The van der Waals surface area contributed by atoms with E-state index in [-0.39, 0.29) is 5.75 Å². The number of methoxy groups -OCH3 is 1. The van der Waals surface area contributed by atoms with Crippen LogP contribution in [-0.2, 0) is 0 Å². The zero-order chi connectivity index (χ0) is 18.0. The van der Waals surface area contributed by atoms with E-state index in [9.17, 15) is 14.8 Å². The maximum absolute atomic E-state index is 13.9. The molecule has 0 aliphatic rings. The molecule has 0 radical (unpaired) electrons. The number of nitrogens with zero attached hydrogens (tertiary/aromatic N) is 1. The number of nitriles is 1. The van der Waals surface area contributed by atoms with Crippen LogP contribution in [0, 0.1) is 17.1 Å². The lowest BCUT2D eigenvalue weighted by molar-refractivity contribution is 0.415. The molecule has 0 saturated heterocycles. The maximum Gasteiger partial charge on any atom is 0.126 e. The van der Waals surface area contributed by atoms with Crippen molar-refractivity contribution < 1.29 is 14.2 Å². The Morgan fingerprint density at radius 2 is 1.76 bits per heavy atom. The van der Waals surface area contributed by atoms with Gasteiger partial charge in [0.15, 0.2) is 0 Å². The van der Waals surface area contributed by atoms with Gasteiger partial charge in [-0.25, -0.2) is 4.39 Å². The molecule has 25 heavy (non-hydrogen) atoms. The maximum atomic E-state index is 13.9. The van der Waals surface area contributed by atoms with Crippen LogP contribution < -0.4 is 4.74 Å². The molecule has 0 bridgehead atoms. The zero-order valence-corrected chi connectivity index (χ0v) is 14.8. The summed E-state index contributed by atoms with van der Waals surface area (Å²) in [5, 5.41) is 19.1. The molecule has 0 unspecified atom stereocenters. The van der Waals surface area contributed by atoms with Crippen LogP contribution in [0.3, 0.4) is 0 Å². The molecule has 3 aromatic rings. The predicted molar refractivity (Wildman–Crippen MR) is 97.9 cm³/mol. The minimum Gasteiger partial charge on any atom is -0.508 e. The second-order valence-electron chi connectivity index (χ2n) is 5.38. The number of hydrogen-bond acceptors (Lipinski definition) is 3. The number of ether oxygens (including phenoxy) is 1. The topological polar surface area (TPSA) is 53.2 Å². The molecule has 0 aliphatic carbocycles. The first kappa shape index (κ1) is 17.0. The summed E-state index contributed by atoms with van der Waals surface area (Å²) >= 11 is 3.42. The number of rotatable bonds is 3. The van der Waals surface area contributed by atoms with E-state index in [4.69, 9.17) is 4.74 Å². The van der Waals surface area contributed by atoms with Crippen LogP contribution in [0.2, 0.25) is 0 Å². The summed E-state index contributed by atoms with van der Waals surface area (Å²) < 4.78 is 20.0. The molecule has 0 spiro atoms. The zero-order valence-electron chi connectivity index (χ0n) is 13.3. The molecule has 0 fully saturated rings. The number of hydrogen-bond donors (Lipinski definition) is 1. The molecule has 5 heteroatoms. The Bertz CT molecular complexity index is 978. The first-order chi connectivity index (χ1) is 12.0. The molecular formula is C20H13BrFNO2. The third kappa shape index (κ3) is 3.35. The van der Waals surface area contributed by atoms with Gasteiger partial charge in [-0.05, 0) is 53.6 Å². The fraction of sp³-hybridized carbons (Fsp3) is 0.0500. The molecule has 0 aliphatic heterocycles. The van der Waals surface area contributed by atoms with Crippen LogP contribution in [0.1, 0.15) is 5.56 Å². The van der Waals surface area contributed by atoms with E-state index in [0.29, 0.717) is 22.4 Å². The van der Waals surface area contributed by atoms with Crippen molar-refractivity contribution in [3.8, 4) is 39.8 Å². The highest BCUT2D eigenvalue weighted by Crippen LogP contribution is 2.41. The second-order valence-corrected chi connectivity index (χ2v) is 6.29. The molecule has 0 heterocycles. The third-order valence-electron chi connectivity index (χ3n) is 3.83. The smallest absolute Gasteiger partial charge is 0.126 e. The van der Waals surface area contributed by atoms with Gasteiger partial charge in [0.05, 0.1) is 18.7 Å². The standard InChI is InChI=1S/C20H13BrFNO2/c1-25-19-7-4-15(22)10-18(19)20-13(11-23)8-14(21)9-17(20)12-2-5-16(24)6-3-12/h2-10,24H,1H3. The highest BCUT2D eigenvalue weighted by atomic mass is 79.9. The molecule has 124 valence electrons. The number of aromatic hydroxyl groups is 1. The minimum absolute atomic E-state index is 0.143. The summed E-state index contributed by atoms with van der Waals surface area (Å²) in [6.45, 7) is 0. The van der Waals surface area contributed by atoms with Crippen molar-refractivity contribution in [3.05, 3.63) is 70.5 Å². The first-order valence-corrected chi connectivity index (χ1v) is 8.19. The van der Waals surface area contributed by atoms with Gasteiger partial charge in [0, 0.05) is 15.6 Å². The Morgan fingerprint density at radius 3 is 2.40 bits per heavy atom. The van der Waals surface area contributed by atoms with E-state index in [0.717, 1.165) is 15.6 Å². The highest BCUT2D eigenvalue weighted by molar-refractivity contribution is 9.10. The Hall–Kier alpha value is -2.84. The summed E-state index contributed by atoms with van der Waals surface area (Å²) in [7, 11) is 1.50. The van der Waals surface area contributed by atoms with Crippen molar-refractivity contribution in [1.82, 2.24) is 0 Å². The summed E-state index contributed by atoms with van der Waals surface area (Å²) in [6.07, 6.45) is 0.